The first-order valence-corrected chi connectivity index (χ1v) is 5.45. The molecule has 2 N–H and O–H groups in total. The lowest BCUT2D eigenvalue weighted by Gasteiger charge is -2.42. The Morgan fingerprint density at radius 1 is 1.46 bits per heavy atom. The zero-order chi connectivity index (χ0) is 9.90. The van der Waals surface area contributed by atoms with Crippen molar-refractivity contribution in [1.82, 2.24) is 0 Å². The zero-order valence-corrected chi connectivity index (χ0v) is 9.18. The highest BCUT2D eigenvalue weighted by atomic mass is 16.5. The number of nitrogens with two attached hydrogens (primary N) is 1. The largest absolute Gasteiger partial charge is 0.377 e. The molecule has 1 saturated carbocycles. The van der Waals surface area contributed by atoms with E-state index in [9.17, 15) is 0 Å². The van der Waals surface area contributed by atoms with Gasteiger partial charge in [-0.3, -0.25) is 0 Å². The number of hydrogen-bond acceptors (Lipinski definition) is 2. The summed E-state index contributed by atoms with van der Waals surface area (Å²) in [5.74, 6) is 0.854. The Morgan fingerprint density at radius 2 is 2.00 bits per heavy atom. The van der Waals surface area contributed by atoms with E-state index < -0.39 is 0 Å². The number of hydrogen-bond donors (Lipinski definition) is 1. The second kappa shape index (κ2) is 4.43. The summed E-state index contributed by atoms with van der Waals surface area (Å²) >= 11 is 0. The third kappa shape index (κ3) is 2.23. The molecule has 0 aromatic rings. The van der Waals surface area contributed by atoms with E-state index in [1.165, 1.54) is 12.8 Å². The smallest absolute Gasteiger partial charge is 0.0828 e. The van der Waals surface area contributed by atoms with E-state index in [-0.39, 0.29) is 11.6 Å². The van der Waals surface area contributed by atoms with E-state index >= 15 is 0 Å². The molecular formula is C11H23NO. The second-order valence-corrected chi connectivity index (χ2v) is 4.47. The maximum atomic E-state index is 6.11. The molecule has 1 fully saturated rings. The number of methoxy groups -OCH3 is 1. The van der Waals surface area contributed by atoms with Crippen LogP contribution in [0.5, 0.6) is 0 Å². The average molecular weight is 185 g/mol. The van der Waals surface area contributed by atoms with Crippen LogP contribution in [0, 0.1) is 5.92 Å². The molecule has 0 spiro atoms. The van der Waals surface area contributed by atoms with Crippen LogP contribution in [0.3, 0.4) is 0 Å². The Morgan fingerprint density at radius 3 is 2.38 bits per heavy atom. The van der Waals surface area contributed by atoms with Crippen LogP contribution in [0.15, 0.2) is 0 Å². The molecule has 0 bridgehead atoms. The molecule has 0 aromatic carbocycles. The van der Waals surface area contributed by atoms with Gasteiger partial charge in [0.25, 0.3) is 0 Å². The molecule has 0 aliphatic heterocycles. The molecule has 1 aliphatic rings. The quantitative estimate of drug-likeness (QED) is 0.732. The van der Waals surface area contributed by atoms with Gasteiger partial charge in [-0.2, -0.15) is 0 Å². The van der Waals surface area contributed by atoms with Crippen molar-refractivity contribution in [3.63, 3.8) is 0 Å². The van der Waals surface area contributed by atoms with Crippen LogP contribution in [0.1, 0.15) is 46.0 Å². The third-order valence-corrected chi connectivity index (χ3v) is 3.64. The molecule has 1 atom stereocenters. The van der Waals surface area contributed by atoms with Crippen molar-refractivity contribution in [3.8, 4) is 0 Å². The minimum absolute atomic E-state index is 0.0126. The fraction of sp³-hybridized carbons (Fsp3) is 1.00. The predicted octanol–water partition coefficient (Wildman–Crippen LogP) is 2.32. The van der Waals surface area contributed by atoms with Gasteiger partial charge in [0.1, 0.15) is 0 Å². The highest BCUT2D eigenvalue weighted by Crippen LogP contribution is 2.36. The van der Waals surface area contributed by atoms with E-state index in [4.69, 9.17) is 10.5 Å². The summed E-state index contributed by atoms with van der Waals surface area (Å²) in [6.45, 7) is 4.46. The first-order chi connectivity index (χ1) is 6.14. The van der Waals surface area contributed by atoms with Gasteiger partial charge < -0.3 is 10.5 Å². The van der Waals surface area contributed by atoms with Crippen molar-refractivity contribution in [2.24, 2.45) is 11.7 Å². The molecule has 1 rings (SSSR count). The van der Waals surface area contributed by atoms with Crippen LogP contribution in [0.2, 0.25) is 0 Å². The highest BCUT2D eigenvalue weighted by molar-refractivity contribution is 4.93. The summed E-state index contributed by atoms with van der Waals surface area (Å²) in [6.07, 6.45) is 5.82. The van der Waals surface area contributed by atoms with Gasteiger partial charge in [-0.25, -0.2) is 0 Å². The van der Waals surface area contributed by atoms with E-state index in [1.54, 1.807) is 0 Å². The van der Waals surface area contributed by atoms with E-state index in [1.807, 2.05) is 7.11 Å². The third-order valence-electron chi connectivity index (χ3n) is 3.64. The van der Waals surface area contributed by atoms with E-state index in [0.29, 0.717) is 0 Å². The first-order valence-electron chi connectivity index (χ1n) is 5.45. The number of rotatable bonds is 3. The monoisotopic (exact) mass is 185 g/mol. The Labute approximate surface area is 81.8 Å². The van der Waals surface area contributed by atoms with Gasteiger partial charge in [0.15, 0.2) is 0 Å². The van der Waals surface area contributed by atoms with Gasteiger partial charge in [-0.15, -0.1) is 0 Å². The van der Waals surface area contributed by atoms with Crippen molar-refractivity contribution >= 4 is 0 Å². The minimum Gasteiger partial charge on any atom is -0.377 e. The summed E-state index contributed by atoms with van der Waals surface area (Å²) in [5.41, 5.74) is 6.10. The van der Waals surface area contributed by atoms with Crippen LogP contribution >= 0.6 is 0 Å². The Kier molecular flexibility index (Phi) is 3.74. The van der Waals surface area contributed by atoms with Gasteiger partial charge in [0.2, 0.25) is 0 Å². The molecule has 0 radical (unpaired) electrons. The SMILES string of the molecule is CC[C@@H](N)C1(OC)CCC(C)CC1. The molecule has 0 aromatic heterocycles. The molecule has 78 valence electrons. The molecule has 2 heteroatoms. The molecule has 1 aliphatic carbocycles. The fourth-order valence-corrected chi connectivity index (χ4v) is 2.35. The van der Waals surface area contributed by atoms with Crippen LogP contribution in [0.25, 0.3) is 0 Å². The zero-order valence-electron chi connectivity index (χ0n) is 9.18. The topological polar surface area (TPSA) is 35.2 Å². The molecule has 0 saturated heterocycles. The van der Waals surface area contributed by atoms with Crippen molar-refractivity contribution < 1.29 is 4.74 Å². The highest BCUT2D eigenvalue weighted by Gasteiger charge is 2.38. The molecular weight excluding hydrogens is 162 g/mol. The van der Waals surface area contributed by atoms with Crippen LogP contribution in [-0.4, -0.2) is 18.8 Å². The van der Waals surface area contributed by atoms with E-state index in [0.717, 1.165) is 25.2 Å². The van der Waals surface area contributed by atoms with Gasteiger partial charge in [-0.05, 0) is 38.0 Å². The fourth-order valence-electron chi connectivity index (χ4n) is 2.35. The standard InChI is InChI=1S/C11H23NO/c1-4-10(12)11(13-3)7-5-9(2)6-8-11/h9-10H,4-8,12H2,1-3H3/t9?,10-,11?/m1/s1. The van der Waals surface area contributed by atoms with Gasteiger partial charge >= 0.3 is 0 Å². The maximum absolute atomic E-state index is 6.11. The maximum Gasteiger partial charge on any atom is 0.0828 e. The van der Waals surface area contributed by atoms with Crippen LogP contribution in [0.4, 0.5) is 0 Å². The van der Waals surface area contributed by atoms with Gasteiger partial charge in [0.05, 0.1) is 5.60 Å². The Balaban J connectivity index is 2.60. The molecule has 0 unspecified atom stereocenters. The van der Waals surface area contributed by atoms with Crippen LogP contribution in [-0.2, 0) is 4.74 Å². The van der Waals surface area contributed by atoms with Crippen molar-refractivity contribution in [2.75, 3.05) is 7.11 Å². The van der Waals surface area contributed by atoms with E-state index in [2.05, 4.69) is 13.8 Å². The van der Waals surface area contributed by atoms with Crippen molar-refractivity contribution in [2.45, 2.75) is 57.6 Å². The predicted molar refractivity (Wildman–Crippen MR) is 55.6 cm³/mol. The average Bonchev–Trinajstić information content (AvgIpc) is 2.18. The van der Waals surface area contributed by atoms with Crippen molar-refractivity contribution in [3.05, 3.63) is 0 Å². The second-order valence-electron chi connectivity index (χ2n) is 4.47. The van der Waals surface area contributed by atoms with Gasteiger partial charge in [-0.1, -0.05) is 13.8 Å². The summed E-state index contributed by atoms with van der Waals surface area (Å²) in [7, 11) is 1.81. The lowest BCUT2D eigenvalue weighted by Crippen LogP contribution is -2.51. The van der Waals surface area contributed by atoms with Crippen LogP contribution < -0.4 is 5.73 Å². The lowest BCUT2D eigenvalue weighted by molar-refractivity contribution is -0.0667. The van der Waals surface area contributed by atoms with Gasteiger partial charge in [0, 0.05) is 13.2 Å². The summed E-state index contributed by atoms with van der Waals surface area (Å²) in [6, 6.07) is 0.213. The Hall–Kier alpha value is -0.0800. The lowest BCUT2D eigenvalue weighted by atomic mass is 9.75. The molecule has 0 amide bonds. The Bertz CT molecular complexity index is 150. The molecule has 0 heterocycles. The first kappa shape index (κ1) is 11.0. The summed E-state index contributed by atoms with van der Waals surface area (Å²) in [4.78, 5) is 0. The molecule has 13 heavy (non-hydrogen) atoms. The van der Waals surface area contributed by atoms with Crippen molar-refractivity contribution in [1.29, 1.82) is 0 Å². The minimum atomic E-state index is -0.0126. The number of ether oxygens (including phenoxy) is 1. The summed E-state index contributed by atoms with van der Waals surface area (Å²) < 4.78 is 5.65. The summed E-state index contributed by atoms with van der Waals surface area (Å²) in [5, 5.41) is 0. The molecule has 2 nitrogen and oxygen atoms in total. The normalized spacial score (nSPS) is 37.4.